The van der Waals surface area contributed by atoms with E-state index in [1.807, 2.05) is 0 Å². The minimum atomic E-state index is -4.10. The minimum absolute atomic E-state index is 0.0258. The van der Waals surface area contributed by atoms with Gasteiger partial charge >= 0.3 is 5.51 Å². The van der Waals surface area contributed by atoms with Gasteiger partial charge in [-0.25, -0.2) is 0 Å². The average molecular weight is 257 g/mol. The van der Waals surface area contributed by atoms with Gasteiger partial charge in [0.1, 0.15) is 0 Å². The number of hydrogen-bond acceptors (Lipinski definition) is 3. The summed E-state index contributed by atoms with van der Waals surface area (Å²) in [5, 5.41) is 3.00. The van der Waals surface area contributed by atoms with Crippen molar-refractivity contribution in [2.75, 3.05) is 25.4 Å². The molecule has 0 aromatic heterocycles. The summed E-state index contributed by atoms with van der Waals surface area (Å²) >= 11 is 0.0258. The molecule has 1 saturated heterocycles. The highest BCUT2D eigenvalue weighted by molar-refractivity contribution is 8.00. The Labute approximate surface area is 98.3 Å². The smallest absolute Gasteiger partial charge is 0.378 e. The van der Waals surface area contributed by atoms with Crippen molar-refractivity contribution in [3.05, 3.63) is 0 Å². The molecule has 0 radical (unpaired) electrons. The number of alkyl halides is 3. The van der Waals surface area contributed by atoms with Crippen LogP contribution >= 0.6 is 11.8 Å². The van der Waals surface area contributed by atoms with E-state index in [0.717, 1.165) is 32.4 Å². The van der Waals surface area contributed by atoms with Crippen LogP contribution in [-0.4, -0.2) is 37.1 Å². The van der Waals surface area contributed by atoms with E-state index in [-0.39, 0.29) is 17.5 Å². The number of thioether (sulfide) groups is 1. The molecule has 0 amide bonds. The molecule has 0 aromatic rings. The van der Waals surface area contributed by atoms with Crippen LogP contribution in [-0.2, 0) is 4.74 Å². The van der Waals surface area contributed by atoms with Gasteiger partial charge in [-0.05, 0) is 44.0 Å². The maximum atomic E-state index is 11.8. The molecule has 1 aliphatic heterocycles. The van der Waals surface area contributed by atoms with Crippen molar-refractivity contribution in [2.45, 2.75) is 37.3 Å². The van der Waals surface area contributed by atoms with Gasteiger partial charge in [-0.3, -0.25) is 0 Å². The molecule has 96 valence electrons. The molecule has 1 N–H and O–H groups in total. The van der Waals surface area contributed by atoms with Gasteiger partial charge in [-0.1, -0.05) is 0 Å². The highest BCUT2D eigenvalue weighted by atomic mass is 32.2. The zero-order chi connectivity index (χ0) is 11.9. The lowest BCUT2D eigenvalue weighted by atomic mass is 10.1. The van der Waals surface area contributed by atoms with Crippen molar-refractivity contribution in [1.82, 2.24) is 5.32 Å². The predicted octanol–water partition coefficient (Wildman–Crippen LogP) is 2.79. The van der Waals surface area contributed by atoms with Gasteiger partial charge in [-0.2, -0.15) is 13.2 Å². The minimum Gasteiger partial charge on any atom is -0.378 e. The molecule has 6 heteroatoms. The SMILES string of the molecule is FC(F)(F)SCCNCCC1CCCCO1. The van der Waals surface area contributed by atoms with E-state index in [2.05, 4.69) is 5.32 Å². The summed E-state index contributed by atoms with van der Waals surface area (Å²) in [5.41, 5.74) is -4.10. The van der Waals surface area contributed by atoms with Crippen molar-refractivity contribution in [1.29, 1.82) is 0 Å². The lowest BCUT2D eigenvalue weighted by Crippen LogP contribution is -2.26. The summed E-state index contributed by atoms with van der Waals surface area (Å²) in [6.07, 6.45) is 4.62. The molecule has 0 aromatic carbocycles. The van der Waals surface area contributed by atoms with Gasteiger partial charge in [-0.15, -0.1) is 0 Å². The van der Waals surface area contributed by atoms with Crippen LogP contribution in [0.2, 0.25) is 0 Å². The zero-order valence-electron chi connectivity index (χ0n) is 9.18. The highest BCUT2D eigenvalue weighted by Crippen LogP contribution is 2.29. The molecule has 0 aliphatic carbocycles. The van der Waals surface area contributed by atoms with Gasteiger partial charge < -0.3 is 10.1 Å². The van der Waals surface area contributed by atoms with E-state index >= 15 is 0 Å². The molecule has 1 unspecified atom stereocenters. The lowest BCUT2D eigenvalue weighted by Gasteiger charge is -2.22. The Hall–Kier alpha value is 0.0600. The predicted molar refractivity (Wildman–Crippen MR) is 59.6 cm³/mol. The van der Waals surface area contributed by atoms with Gasteiger partial charge in [0.05, 0.1) is 6.10 Å². The third-order valence-electron chi connectivity index (χ3n) is 2.46. The van der Waals surface area contributed by atoms with Crippen LogP contribution in [0.25, 0.3) is 0 Å². The molecule has 0 bridgehead atoms. The molecule has 1 atom stereocenters. The summed E-state index contributed by atoms with van der Waals surface area (Å²) < 4.78 is 40.8. The molecular weight excluding hydrogens is 239 g/mol. The normalized spacial score (nSPS) is 22.3. The first kappa shape index (κ1) is 14.1. The van der Waals surface area contributed by atoms with Crippen molar-refractivity contribution >= 4 is 11.8 Å². The fourth-order valence-corrected chi connectivity index (χ4v) is 2.14. The number of halogens is 3. The summed E-state index contributed by atoms with van der Waals surface area (Å²) in [7, 11) is 0. The molecular formula is C10H18F3NOS. The Kier molecular flexibility index (Phi) is 6.53. The number of ether oxygens (including phenoxy) is 1. The highest BCUT2D eigenvalue weighted by Gasteiger charge is 2.27. The van der Waals surface area contributed by atoms with E-state index in [0.29, 0.717) is 12.6 Å². The van der Waals surface area contributed by atoms with E-state index in [9.17, 15) is 13.2 Å². The maximum absolute atomic E-state index is 11.8. The van der Waals surface area contributed by atoms with E-state index in [1.165, 1.54) is 6.42 Å². The third-order valence-corrected chi connectivity index (χ3v) is 3.20. The van der Waals surface area contributed by atoms with Crippen molar-refractivity contribution in [2.24, 2.45) is 0 Å². The average Bonchev–Trinajstić information content (AvgIpc) is 2.23. The maximum Gasteiger partial charge on any atom is 0.441 e. The molecule has 1 rings (SSSR count). The topological polar surface area (TPSA) is 21.3 Å². The van der Waals surface area contributed by atoms with Crippen LogP contribution in [0.3, 0.4) is 0 Å². The van der Waals surface area contributed by atoms with Crippen LogP contribution in [0.1, 0.15) is 25.7 Å². The van der Waals surface area contributed by atoms with E-state index < -0.39 is 5.51 Å². The van der Waals surface area contributed by atoms with Crippen molar-refractivity contribution in [3.63, 3.8) is 0 Å². The second kappa shape index (κ2) is 7.40. The van der Waals surface area contributed by atoms with Crippen LogP contribution in [0.4, 0.5) is 13.2 Å². The van der Waals surface area contributed by atoms with Gasteiger partial charge in [0.2, 0.25) is 0 Å². The van der Waals surface area contributed by atoms with Crippen molar-refractivity contribution in [3.8, 4) is 0 Å². The molecule has 0 spiro atoms. The summed E-state index contributed by atoms with van der Waals surface area (Å²) in [5.74, 6) is 0.0784. The summed E-state index contributed by atoms with van der Waals surface area (Å²) in [6, 6.07) is 0. The second-order valence-electron chi connectivity index (χ2n) is 3.82. The zero-order valence-corrected chi connectivity index (χ0v) is 10.0. The molecule has 2 nitrogen and oxygen atoms in total. The quantitative estimate of drug-likeness (QED) is 0.739. The Balaban J connectivity index is 1.87. The Bertz CT molecular complexity index is 183. The van der Waals surface area contributed by atoms with Crippen molar-refractivity contribution < 1.29 is 17.9 Å². The molecule has 1 heterocycles. The third kappa shape index (κ3) is 7.35. The largest absolute Gasteiger partial charge is 0.441 e. The summed E-state index contributed by atoms with van der Waals surface area (Å²) in [6.45, 7) is 1.97. The van der Waals surface area contributed by atoms with E-state index in [4.69, 9.17) is 4.74 Å². The molecule has 1 fully saturated rings. The van der Waals surface area contributed by atoms with Crippen LogP contribution in [0.5, 0.6) is 0 Å². The Morgan fingerprint density at radius 3 is 2.69 bits per heavy atom. The number of nitrogens with one attached hydrogen (secondary N) is 1. The van der Waals surface area contributed by atoms with Crippen LogP contribution in [0, 0.1) is 0 Å². The Morgan fingerprint density at radius 1 is 1.25 bits per heavy atom. The first-order valence-electron chi connectivity index (χ1n) is 5.61. The van der Waals surface area contributed by atoms with Gasteiger partial charge in [0.15, 0.2) is 0 Å². The fourth-order valence-electron chi connectivity index (χ4n) is 1.66. The molecule has 1 aliphatic rings. The fraction of sp³-hybridized carbons (Fsp3) is 1.00. The summed E-state index contributed by atoms with van der Waals surface area (Å²) in [4.78, 5) is 0. The standard InChI is InChI=1S/C10H18F3NOS/c11-10(12,13)16-8-6-14-5-4-9-3-1-2-7-15-9/h9,14H,1-8H2. The van der Waals surface area contributed by atoms with Gasteiger partial charge in [0, 0.05) is 18.9 Å². The van der Waals surface area contributed by atoms with Crippen LogP contribution in [0.15, 0.2) is 0 Å². The first-order chi connectivity index (χ1) is 7.58. The number of rotatable bonds is 6. The van der Waals surface area contributed by atoms with E-state index in [1.54, 1.807) is 0 Å². The monoisotopic (exact) mass is 257 g/mol. The lowest BCUT2D eigenvalue weighted by molar-refractivity contribution is -0.0327. The number of hydrogen-bond donors (Lipinski definition) is 1. The molecule has 0 saturated carbocycles. The second-order valence-corrected chi connectivity index (χ2v) is 4.98. The Morgan fingerprint density at radius 2 is 2.06 bits per heavy atom. The van der Waals surface area contributed by atoms with Gasteiger partial charge in [0.25, 0.3) is 0 Å². The first-order valence-corrected chi connectivity index (χ1v) is 6.59. The van der Waals surface area contributed by atoms with Crippen LogP contribution < -0.4 is 5.32 Å². The molecule has 16 heavy (non-hydrogen) atoms.